The van der Waals surface area contributed by atoms with Gasteiger partial charge in [0.1, 0.15) is 5.69 Å². The minimum absolute atomic E-state index is 0.0124. The van der Waals surface area contributed by atoms with E-state index in [1.807, 2.05) is 6.92 Å². The number of carbonyl (C=O) groups is 1. The fraction of sp³-hybridized carbons (Fsp3) is 0.471. The van der Waals surface area contributed by atoms with Gasteiger partial charge in [-0.3, -0.25) is 14.3 Å². The molecule has 0 aromatic carbocycles. The summed E-state index contributed by atoms with van der Waals surface area (Å²) in [5, 5.41) is 6.52. The Balaban J connectivity index is 2.01. The number of aromatic amines is 1. The van der Waals surface area contributed by atoms with Gasteiger partial charge in [-0.2, -0.15) is 18.3 Å². The van der Waals surface area contributed by atoms with E-state index < -0.39 is 17.8 Å². The number of rotatable bonds is 6. The number of aryl methyl sites for hydroxylation is 2. The molecule has 0 saturated carbocycles. The Morgan fingerprint density at radius 3 is 2.65 bits per heavy atom. The van der Waals surface area contributed by atoms with Crippen LogP contribution in [-0.2, 0) is 19.1 Å². The summed E-state index contributed by atoms with van der Waals surface area (Å²) < 4.78 is 39.9. The normalized spacial score (nSPS) is 12.8. The third-order valence-corrected chi connectivity index (χ3v) is 3.83. The van der Waals surface area contributed by atoms with Crippen molar-refractivity contribution < 1.29 is 18.0 Å². The molecule has 142 valence electrons. The van der Waals surface area contributed by atoms with Crippen LogP contribution in [0.1, 0.15) is 41.3 Å². The van der Waals surface area contributed by atoms with E-state index in [9.17, 15) is 22.8 Å². The second-order valence-electron chi connectivity index (χ2n) is 6.28. The highest BCUT2D eigenvalue weighted by Crippen LogP contribution is 2.30. The molecule has 6 nitrogen and oxygen atoms in total. The topological polar surface area (TPSA) is 79.8 Å². The van der Waals surface area contributed by atoms with E-state index in [0.717, 1.165) is 10.7 Å². The third kappa shape index (κ3) is 4.96. The molecule has 0 aliphatic rings. The van der Waals surface area contributed by atoms with Gasteiger partial charge < -0.3 is 10.3 Å². The first-order valence-corrected chi connectivity index (χ1v) is 8.23. The van der Waals surface area contributed by atoms with Crippen molar-refractivity contribution in [3.63, 3.8) is 0 Å². The molecule has 1 atom stereocenters. The second kappa shape index (κ2) is 7.76. The Morgan fingerprint density at radius 2 is 2.04 bits per heavy atom. The summed E-state index contributed by atoms with van der Waals surface area (Å²) in [4.78, 5) is 26.3. The van der Waals surface area contributed by atoms with Crippen molar-refractivity contribution in [1.29, 1.82) is 0 Å². The van der Waals surface area contributed by atoms with Gasteiger partial charge in [-0.1, -0.05) is 13.8 Å². The van der Waals surface area contributed by atoms with Gasteiger partial charge in [0.25, 0.3) is 5.91 Å². The number of nitrogens with zero attached hydrogens (tertiary/aromatic N) is 2. The number of H-pyrrole nitrogens is 1. The molecule has 9 heteroatoms. The lowest BCUT2D eigenvalue weighted by Crippen LogP contribution is -2.31. The van der Waals surface area contributed by atoms with Gasteiger partial charge in [-0.15, -0.1) is 0 Å². The molecule has 2 aromatic heterocycles. The van der Waals surface area contributed by atoms with Crippen LogP contribution >= 0.6 is 0 Å². The fourth-order valence-electron chi connectivity index (χ4n) is 2.56. The van der Waals surface area contributed by atoms with Crippen molar-refractivity contribution in [2.75, 3.05) is 6.54 Å². The summed E-state index contributed by atoms with van der Waals surface area (Å²) in [6.07, 6.45) is -3.91. The summed E-state index contributed by atoms with van der Waals surface area (Å²) in [5.41, 5.74) is -0.0369. The number of nitrogens with one attached hydrogen (secondary N) is 2. The lowest BCUT2D eigenvalue weighted by atomic mass is 10.1. The number of carbonyl (C=O) groups excluding carboxylic acids is 1. The highest BCUT2D eigenvalue weighted by atomic mass is 19.4. The molecule has 0 bridgehead atoms. The smallest absolute Gasteiger partial charge is 0.352 e. The van der Waals surface area contributed by atoms with Crippen molar-refractivity contribution >= 4 is 5.91 Å². The predicted molar refractivity (Wildman–Crippen MR) is 89.9 cm³/mol. The quantitative estimate of drug-likeness (QED) is 0.820. The van der Waals surface area contributed by atoms with Gasteiger partial charge in [-0.25, -0.2) is 0 Å². The van der Waals surface area contributed by atoms with Crippen LogP contribution in [0.4, 0.5) is 13.2 Å². The second-order valence-corrected chi connectivity index (χ2v) is 6.28. The first-order valence-electron chi connectivity index (χ1n) is 8.23. The Hall–Kier alpha value is -2.58. The number of hydrogen-bond acceptors (Lipinski definition) is 3. The molecular weight excluding hydrogens is 349 g/mol. The number of amides is 1. The molecule has 2 rings (SSSR count). The van der Waals surface area contributed by atoms with Crippen LogP contribution in [-0.4, -0.2) is 27.2 Å². The number of hydrogen-bond donors (Lipinski definition) is 2. The van der Waals surface area contributed by atoms with Crippen LogP contribution in [0.3, 0.4) is 0 Å². The summed E-state index contributed by atoms with van der Waals surface area (Å²) in [6.45, 7) is 5.23. The number of alkyl halides is 3. The van der Waals surface area contributed by atoms with Gasteiger partial charge in [0.05, 0.1) is 5.69 Å². The van der Waals surface area contributed by atoms with Crippen LogP contribution in [0, 0.1) is 12.8 Å². The van der Waals surface area contributed by atoms with Gasteiger partial charge in [-0.05, 0) is 31.4 Å². The van der Waals surface area contributed by atoms with Crippen LogP contribution in [0.25, 0.3) is 0 Å². The molecule has 0 aliphatic heterocycles. The lowest BCUT2D eigenvalue weighted by Gasteiger charge is -2.16. The minimum Gasteiger partial charge on any atom is -0.352 e. The number of pyridine rings is 1. The molecule has 2 aromatic rings. The Bertz CT molecular complexity index is 839. The molecular formula is C17H21F3N4O2. The van der Waals surface area contributed by atoms with E-state index in [0.29, 0.717) is 12.1 Å². The number of halogens is 3. The van der Waals surface area contributed by atoms with Crippen LogP contribution in [0.15, 0.2) is 23.0 Å². The molecule has 0 saturated heterocycles. The molecule has 0 unspecified atom stereocenters. The van der Waals surface area contributed by atoms with E-state index in [4.69, 9.17) is 0 Å². The van der Waals surface area contributed by atoms with Crippen molar-refractivity contribution in [2.45, 2.75) is 39.9 Å². The maximum Gasteiger partial charge on any atom is 0.433 e. The van der Waals surface area contributed by atoms with Gasteiger partial charge in [0.2, 0.25) is 5.56 Å². The zero-order valence-corrected chi connectivity index (χ0v) is 14.8. The molecule has 1 amide bonds. The highest BCUT2D eigenvalue weighted by Gasteiger charge is 2.35. The van der Waals surface area contributed by atoms with E-state index in [-0.39, 0.29) is 35.8 Å². The van der Waals surface area contributed by atoms with E-state index in [1.165, 1.54) is 13.0 Å². The van der Waals surface area contributed by atoms with Crippen LogP contribution < -0.4 is 10.9 Å². The highest BCUT2D eigenvalue weighted by molar-refractivity contribution is 5.94. The Labute approximate surface area is 148 Å². The van der Waals surface area contributed by atoms with Crippen LogP contribution in [0.2, 0.25) is 0 Å². The molecule has 2 heterocycles. The van der Waals surface area contributed by atoms with E-state index in [1.54, 1.807) is 13.0 Å². The zero-order valence-electron chi connectivity index (χ0n) is 14.8. The SMILES string of the molecule is CCc1cc(C(=O)NC[C@H](C)Cn2nc(C)cc2C(F)(F)F)cc(=O)[nH]1. The maximum absolute atomic E-state index is 13.0. The summed E-state index contributed by atoms with van der Waals surface area (Å²) in [5.74, 6) is -0.725. The first-order chi connectivity index (χ1) is 12.1. The molecule has 2 N–H and O–H groups in total. The monoisotopic (exact) mass is 370 g/mol. The molecule has 0 fully saturated rings. The average Bonchev–Trinajstić information content (AvgIpc) is 2.92. The summed E-state index contributed by atoms with van der Waals surface area (Å²) in [6, 6.07) is 3.77. The standard InChI is InChI=1S/C17H21F3N4O2/c1-4-13-6-12(7-15(25)22-13)16(26)21-8-10(2)9-24-14(17(18,19)20)5-11(3)23-24/h5-7,10H,4,8-9H2,1-3H3,(H,21,26)(H,22,25)/t10-/m0/s1. The minimum atomic E-state index is -4.48. The molecule has 0 spiro atoms. The van der Waals surface area contributed by atoms with Crippen LogP contribution in [0.5, 0.6) is 0 Å². The zero-order chi connectivity index (χ0) is 19.5. The van der Waals surface area contributed by atoms with Gasteiger partial charge >= 0.3 is 6.18 Å². The van der Waals surface area contributed by atoms with Crippen molar-refractivity contribution in [2.24, 2.45) is 5.92 Å². The van der Waals surface area contributed by atoms with Crippen molar-refractivity contribution in [1.82, 2.24) is 20.1 Å². The summed E-state index contributed by atoms with van der Waals surface area (Å²) >= 11 is 0. The van der Waals surface area contributed by atoms with Crippen molar-refractivity contribution in [3.05, 3.63) is 51.2 Å². The van der Waals surface area contributed by atoms with Crippen molar-refractivity contribution in [3.8, 4) is 0 Å². The van der Waals surface area contributed by atoms with Gasteiger partial charge in [0.15, 0.2) is 0 Å². The first kappa shape index (κ1) is 19.7. The number of aromatic nitrogens is 3. The Kier molecular flexibility index (Phi) is 5.89. The predicted octanol–water partition coefficient (Wildman–Crippen LogP) is 2.53. The largest absolute Gasteiger partial charge is 0.433 e. The molecule has 0 radical (unpaired) electrons. The summed E-state index contributed by atoms with van der Waals surface area (Å²) in [7, 11) is 0. The fourth-order valence-corrected chi connectivity index (χ4v) is 2.56. The Morgan fingerprint density at radius 1 is 1.35 bits per heavy atom. The lowest BCUT2D eigenvalue weighted by molar-refractivity contribution is -0.144. The maximum atomic E-state index is 13.0. The van der Waals surface area contributed by atoms with Gasteiger partial charge in [0, 0.05) is 30.4 Å². The average molecular weight is 370 g/mol. The van der Waals surface area contributed by atoms with E-state index >= 15 is 0 Å². The molecule has 0 aliphatic carbocycles. The van der Waals surface area contributed by atoms with E-state index in [2.05, 4.69) is 15.4 Å². The third-order valence-electron chi connectivity index (χ3n) is 3.83. The molecule has 26 heavy (non-hydrogen) atoms.